The van der Waals surface area contributed by atoms with E-state index < -0.39 is 0 Å². The van der Waals surface area contributed by atoms with E-state index >= 15 is 0 Å². The zero-order valence-corrected chi connectivity index (χ0v) is 19.6. The number of phenols is 1. The molecule has 0 heterocycles. The van der Waals surface area contributed by atoms with Gasteiger partial charge < -0.3 is 5.11 Å². The normalized spacial score (nSPS) is 19.5. The third-order valence-corrected chi connectivity index (χ3v) is 7.53. The van der Waals surface area contributed by atoms with E-state index in [1.807, 2.05) is 6.07 Å². The van der Waals surface area contributed by atoms with E-state index in [4.69, 9.17) is 0 Å². The molecule has 27 heavy (non-hydrogen) atoms. The summed E-state index contributed by atoms with van der Waals surface area (Å²) in [4.78, 5) is 0. The highest BCUT2D eigenvalue weighted by Gasteiger charge is 2.33. The lowest BCUT2D eigenvalue weighted by Crippen LogP contribution is -2.23. The van der Waals surface area contributed by atoms with E-state index in [1.54, 1.807) is 11.1 Å². The minimum atomic E-state index is 0.0790. The maximum Gasteiger partial charge on any atom is 0.130 e. The number of fused-ring (bicyclic) bond motifs is 2. The van der Waals surface area contributed by atoms with E-state index in [-0.39, 0.29) is 5.41 Å². The summed E-state index contributed by atoms with van der Waals surface area (Å²) < 4.78 is 2.08. The second-order valence-corrected chi connectivity index (χ2v) is 10.9. The number of aryl methyl sites for hydroxylation is 2. The second-order valence-electron chi connectivity index (χ2n) is 9.19. The molecule has 3 heteroatoms. The van der Waals surface area contributed by atoms with Crippen molar-refractivity contribution in [2.24, 2.45) is 0 Å². The number of hydrogen-bond donors (Lipinski definition) is 1. The Morgan fingerprint density at radius 3 is 2.30 bits per heavy atom. The Labute approximate surface area is 179 Å². The van der Waals surface area contributed by atoms with Crippen LogP contribution in [0, 0.1) is 0 Å². The highest BCUT2D eigenvalue weighted by molar-refractivity contribution is 9.10. The molecule has 2 aromatic carbocycles. The van der Waals surface area contributed by atoms with E-state index in [1.165, 1.54) is 65.3 Å². The zero-order chi connectivity index (χ0) is 19.3. The van der Waals surface area contributed by atoms with Crippen LogP contribution < -0.4 is 0 Å². The SMILES string of the molecule is CC(C)(C)c1c(Br)cc2c(c1C1CCCc3cc(Br)c(O)cc31)CCCC2. The van der Waals surface area contributed by atoms with Gasteiger partial charge in [0.05, 0.1) is 4.47 Å². The van der Waals surface area contributed by atoms with Crippen molar-refractivity contribution in [3.05, 3.63) is 60.5 Å². The molecule has 0 saturated heterocycles. The molecule has 1 unspecified atom stereocenters. The van der Waals surface area contributed by atoms with Crippen molar-refractivity contribution in [2.45, 2.75) is 77.0 Å². The maximum atomic E-state index is 10.4. The quantitative estimate of drug-likeness (QED) is 0.436. The molecule has 0 aliphatic heterocycles. The van der Waals surface area contributed by atoms with Gasteiger partial charge >= 0.3 is 0 Å². The van der Waals surface area contributed by atoms with Crippen LogP contribution in [-0.2, 0) is 24.7 Å². The predicted molar refractivity (Wildman–Crippen MR) is 120 cm³/mol. The highest BCUT2D eigenvalue weighted by Crippen LogP contribution is 2.48. The summed E-state index contributed by atoms with van der Waals surface area (Å²) in [6, 6.07) is 6.55. The molecule has 1 atom stereocenters. The minimum absolute atomic E-state index is 0.0790. The summed E-state index contributed by atoms with van der Waals surface area (Å²) in [5, 5.41) is 10.4. The van der Waals surface area contributed by atoms with Gasteiger partial charge in [-0.3, -0.25) is 0 Å². The van der Waals surface area contributed by atoms with Crippen molar-refractivity contribution in [1.82, 2.24) is 0 Å². The topological polar surface area (TPSA) is 20.2 Å². The van der Waals surface area contributed by atoms with Crippen molar-refractivity contribution >= 4 is 31.9 Å². The molecule has 2 aromatic rings. The number of phenolic OH excluding ortho intramolecular Hbond substituents is 1. The van der Waals surface area contributed by atoms with Gasteiger partial charge in [0.15, 0.2) is 0 Å². The van der Waals surface area contributed by atoms with Crippen molar-refractivity contribution in [1.29, 1.82) is 0 Å². The molecule has 0 bridgehead atoms. The van der Waals surface area contributed by atoms with Gasteiger partial charge in [-0.15, -0.1) is 0 Å². The first-order valence-corrected chi connectivity index (χ1v) is 11.7. The Balaban J connectivity index is 2.00. The molecule has 1 N–H and O–H groups in total. The molecule has 2 aliphatic rings. The molecule has 0 fully saturated rings. The lowest BCUT2D eigenvalue weighted by atomic mass is 9.69. The maximum absolute atomic E-state index is 10.4. The van der Waals surface area contributed by atoms with Gasteiger partial charge in [0.2, 0.25) is 0 Å². The van der Waals surface area contributed by atoms with Crippen LogP contribution in [0.2, 0.25) is 0 Å². The summed E-state index contributed by atoms with van der Waals surface area (Å²) in [5.41, 5.74) is 8.94. The van der Waals surface area contributed by atoms with E-state index in [2.05, 4.69) is 64.8 Å². The van der Waals surface area contributed by atoms with Gasteiger partial charge in [0, 0.05) is 10.4 Å². The molecule has 0 radical (unpaired) electrons. The fourth-order valence-corrected chi connectivity index (χ4v) is 6.63. The van der Waals surface area contributed by atoms with Crippen molar-refractivity contribution in [3.8, 4) is 5.75 Å². The smallest absolute Gasteiger partial charge is 0.130 e. The number of hydrogen-bond acceptors (Lipinski definition) is 1. The van der Waals surface area contributed by atoms with Crippen LogP contribution in [-0.4, -0.2) is 5.11 Å². The molecule has 4 rings (SSSR count). The van der Waals surface area contributed by atoms with Crippen LogP contribution in [0.15, 0.2) is 27.1 Å². The van der Waals surface area contributed by atoms with Gasteiger partial charge in [-0.05, 0) is 118 Å². The van der Waals surface area contributed by atoms with Gasteiger partial charge in [-0.2, -0.15) is 0 Å². The van der Waals surface area contributed by atoms with Crippen LogP contribution >= 0.6 is 31.9 Å². The second kappa shape index (κ2) is 7.22. The summed E-state index contributed by atoms with van der Waals surface area (Å²) in [6.07, 6.45) is 8.44. The van der Waals surface area contributed by atoms with Gasteiger partial charge in [0.1, 0.15) is 5.75 Å². The molecule has 2 aliphatic carbocycles. The molecule has 144 valence electrons. The average Bonchev–Trinajstić information content (AvgIpc) is 2.60. The van der Waals surface area contributed by atoms with E-state index in [0.717, 1.165) is 10.9 Å². The first-order valence-electron chi connectivity index (χ1n) is 10.1. The fraction of sp³-hybridized carbons (Fsp3) is 0.500. The Hall–Kier alpha value is -0.800. The van der Waals surface area contributed by atoms with Crippen LogP contribution in [0.5, 0.6) is 5.75 Å². The summed E-state index contributed by atoms with van der Waals surface area (Å²) in [6.45, 7) is 6.98. The first-order chi connectivity index (χ1) is 12.8. The van der Waals surface area contributed by atoms with E-state index in [9.17, 15) is 5.11 Å². The molecular weight excluding hydrogens is 464 g/mol. The largest absolute Gasteiger partial charge is 0.507 e. The Morgan fingerprint density at radius 2 is 1.56 bits per heavy atom. The van der Waals surface area contributed by atoms with Crippen LogP contribution in [0.25, 0.3) is 0 Å². The predicted octanol–water partition coefficient (Wildman–Crippen LogP) is 7.56. The molecule has 1 nitrogen and oxygen atoms in total. The number of aromatic hydroxyl groups is 1. The lowest BCUT2D eigenvalue weighted by molar-refractivity contribution is 0.468. The molecule has 0 spiro atoms. The minimum Gasteiger partial charge on any atom is -0.507 e. The monoisotopic (exact) mass is 490 g/mol. The third-order valence-electron chi connectivity index (χ3n) is 6.27. The van der Waals surface area contributed by atoms with Gasteiger partial charge in [-0.1, -0.05) is 36.7 Å². The average molecular weight is 492 g/mol. The van der Waals surface area contributed by atoms with Crippen LogP contribution in [0.4, 0.5) is 0 Å². The fourth-order valence-electron chi connectivity index (χ4n) is 5.16. The summed E-state index contributed by atoms with van der Waals surface area (Å²) >= 11 is 7.45. The van der Waals surface area contributed by atoms with Gasteiger partial charge in [0.25, 0.3) is 0 Å². The molecule has 0 aromatic heterocycles. The summed E-state index contributed by atoms with van der Waals surface area (Å²) in [7, 11) is 0. The highest BCUT2D eigenvalue weighted by atomic mass is 79.9. The summed E-state index contributed by atoms with van der Waals surface area (Å²) in [5.74, 6) is 0.744. The molecule has 0 saturated carbocycles. The van der Waals surface area contributed by atoms with Gasteiger partial charge in [-0.25, -0.2) is 0 Å². The number of rotatable bonds is 1. The first kappa shape index (κ1) is 19.5. The van der Waals surface area contributed by atoms with Crippen molar-refractivity contribution in [2.75, 3.05) is 0 Å². The van der Waals surface area contributed by atoms with Crippen molar-refractivity contribution < 1.29 is 5.11 Å². The van der Waals surface area contributed by atoms with Crippen LogP contribution in [0.3, 0.4) is 0 Å². The standard InChI is InChI=1S/C24H28Br2O/c1-24(2,3)23-20(26)12-14-7-4-5-9-16(14)22(23)17-10-6-8-15-11-19(25)21(27)13-18(15)17/h11-13,17,27H,4-10H2,1-3H3. The van der Waals surface area contributed by atoms with E-state index in [0.29, 0.717) is 11.7 Å². The Morgan fingerprint density at radius 1 is 0.889 bits per heavy atom. The Bertz CT molecular complexity index is 892. The number of halogens is 2. The molecular formula is C24H28Br2O. The lowest BCUT2D eigenvalue weighted by Gasteiger charge is -2.36. The van der Waals surface area contributed by atoms with Crippen molar-refractivity contribution in [3.63, 3.8) is 0 Å². The number of benzene rings is 2. The third kappa shape index (κ3) is 3.51. The Kier molecular flexibility index (Phi) is 5.22. The zero-order valence-electron chi connectivity index (χ0n) is 16.5. The molecule has 0 amide bonds. The van der Waals surface area contributed by atoms with Crippen LogP contribution in [0.1, 0.15) is 85.8 Å².